The summed E-state index contributed by atoms with van der Waals surface area (Å²) < 4.78 is 35.3. The first kappa shape index (κ1) is 31.9. The van der Waals surface area contributed by atoms with Gasteiger partial charge >= 0.3 is 29.8 Å². The van der Waals surface area contributed by atoms with Gasteiger partial charge in [-0.3, -0.25) is 24.0 Å². The van der Waals surface area contributed by atoms with Crippen LogP contribution in [0.15, 0.2) is 12.2 Å². The molecule has 4 aliphatic rings. The second kappa shape index (κ2) is 11.6. The van der Waals surface area contributed by atoms with Crippen LogP contribution in [0.4, 0.5) is 0 Å². The summed E-state index contributed by atoms with van der Waals surface area (Å²) in [5, 5.41) is 12.4. The van der Waals surface area contributed by atoms with Gasteiger partial charge in [-0.05, 0) is 19.3 Å². The van der Waals surface area contributed by atoms with Crippen LogP contribution in [-0.4, -0.2) is 83.3 Å². The maximum atomic E-state index is 13.0. The van der Waals surface area contributed by atoms with Gasteiger partial charge in [0.15, 0.2) is 11.7 Å². The van der Waals surface area contributed by atoms with Crippen molar-refractivity contribution in [3.63, 3.8) is 0 Å². The Labute approximate surface area is 245 Å². The molecule has 2 heterocycles. The summed E-state index contributed by atoms with van der Waals surface area (Å²) >= 11 is 0. The lowest BCUT2D eigenvalue weighted by Crippen LogP contribution is -2.71. The minimum Gasteiger partial charge on any atom is -0.462 e. The van der Waals surface area contributed by atoms with Crippen molar-refractivity contribution >= 4 is 29.8 Å². The molecule has 234 valence electrons. The Morgan fingerprint density at radius 1 is 0.976 bits per heavy atom. The van der Waals surface area contributed by atoms with E-state index in [0.717, 1.165) is 0 Å². The first-order chi connectivity index (χ1) is 19.6. The average Bonchev–Trinajstić information content (AvgIpc) is 3.60. The lowest BCUT2D eigenvalue weighted by molar-refractivity contribution is -0.251. The van der Waals surface area contributed by atoms with Gasteiger partial charge in [-0.2, -0.15) is 0 Å². The Hall–Kier alpha value is -2.99. The van der Waals surface area contributed by atoms with E-state index in [1.807, 2.05) is 13.8 Å². The van der Waals surface area contributed by atoms with Crippen LogP contribution in [0.5, 0.6) is 0 Å². The molecule has 0 aromatic carbocycles. The molecule has 4 rings (SSSR count). The van der Waals surface area contributed by atoms with Crippen LogP contribution in [0.2, 0.25) is 0 Å². The van der Waals surface area contributed by atoms with Crippen molar-refractivity contribution < 1.29 is 57.5 Å². The quantitative estimate of drug-likeness (QED) is 0.207. The normalized spacial score (nSPS) is 41.5. The summed E-state index contributed by atoms with van der Waals surface area (Å²) in [7, 11) is 0. The Bertz CT molecular complexity index is 1140. The number of hydrogen-bond donors (Lipinski definition) is 1. The topological polar surface area (TPSA) is 164 Å². The maximum Gasteiger partial charge on any atom is 0.312 e. The van der Waals surface area contributed by atoms with Crippen molar-refractivity contribution in [3.8, 4) is 0 Å². The Morgan fingerprint density at radius 2 is 1.55 bits per heavy atom. The highest BCUT2D eigenvalue weighted by Gasteiger charge is 2.77. The van der Waals surface area contributed by atoms with Gasteiger partial charge in [0.2, 0.25) is 0 Å². The molecule has 1 saturated carbocycles. The number of carbonyl (C=O) groups is 5. The molecule has 0 aromatic rings. The highest BCUT2D eigenvalue weighted by atomic mass is 16.7. The highest BCUT2D eigenvalue weighted by molar-refractivity contribution is 5.77. The van der Waals surface area contributed by atoms with Crippen LogP contribution in [0.25, 0.3) is 0 Å². The lowest BCUT2D eigenvalue weighted by Gasteiger charge is -2.57. The van der Waals surface area contributed by atoms with Crippen LogP contribution in [0.1, 0.15) is 74.1 Å². The van der Waals surface area contributed by atoms with E-state index in [2.05, 4.69) is 0 Å². The number of aliphatic hydroxyl groups is 1. The highest BCUT2D eigenvalue weighted by Crippen LogP contribution is 2.62. The fourth-order valence-corrected chi connectivity index (χ4v) is 7.26. The van der Waals surface area contributed by atoms with E-state index >= 15 is 0 Å². The van der Waals surface area contributed by atoms with Gasteiger partial charge < -0.3 is 33.5 Å². The molecule has 12 heteroatoms. The van der Waals surface area contributed by atoms with Gasteiger partial charge in [0.1, 0.15) is 30.0 Å². The minimum absolute atomic E-state index is 0.00194. The predicted octanol–water partition coefficient (Wildman–Crippen LogP) is 2.18. The first-order valence-electron chi connectivity index (χ1n) is 14.5. The number of esters is 5. The third-order valence-corrected chi connectivity index (χ3v) is 9.11. The van der Waals surface area contributed by atoms with Gasteiger partial charge in [0.25, 0.3) is 0 Å². The van der Waals surface area contributed by atoms with Crippen molar-refractivity contribution in [2.75, 3.05) is 6.61 Å². The zero-order chi connectivity index (χ0) is 31.2. The number of carbonyl (C=O) groups excluding carboxylic acids is 5. The SMILES string of the molecule is CC(=O)O[C@H]1C/C=C\C[C@@H]2OC(=O)[C@@H](C)[C@]2(O)[C@@H](OC(C)=O)[C@H]2[C@]1(C)C[C@@H](OC(=O)CC(C)C)[C@H](OC(C)=O)[C@@]21CO1. The van der Waals surface area contributed by atoms with Gasteiger partial charge in [-0.15, -0.1) is 0 Å². The zero-order valence-electron chi connectivity index (χ0n) is 25.2. The molecule has 2 saturated heterocycles. The molecule has 3 fully saturated rings. The lowest BCUT2D eigenvalue weighted by atomic mass is 9.52. The molecule has 42 heavy (non-hydrogen) atoms. The second-order valence-electron chi connectivity index (χ2n) is 12.7. The van der Waals surface area contributed by atoms with Crippen LogP contribution >= 0.6 is 0 Å². The zero-order valence-corrected chi connectivity index (χ0v) is 25.2. The van der Waals surface area contributed by atoms with E-state index in [1.165, 1.54) is 27.7 Å². The number of hydrogen-bond acceptors (Lipinski definition) is 12. The van der Waals surface area contributed by atoms with E-state index in [0.29, 0.717) is 0 Å². The standard InChI is InChI=1S/C30H42O12/c1-15(2)12-23(34)41-20-13-28(7)21(38-17(4)31)10-8-9-11-22-30(36,16(3)27(35)42-22)26(40-19(6)33)24(28)29(14-37-29)25(20)39-18(5)32/h8-9,15-16,20-22,24-26,36H,10-14H2,1-7H3/b9-8-/t16-,20-,21+,22+,24+,25+,26+,28-,29-,30-/m1/s1. The third-order valence-electron chi connectivity index (χ3n) is 9.11. The Kier molecular flexibility index (Phi) is 8.82. The predicted molar refractivity (Wildman–Crippen MR) is 143 cm³/mol. The molecule has 0 amide bonds. The number of rotatable bonds is 6. The summed E-state index contributed by atoms with van der Waals surface area (Å²) in [5.74, 6) is -5.24. The Balaban J connectivity index is 1.96. The smallest absolute Gasteiger partial charge is 0.312 e. The largest absolute Gasteiger partial charge is 0.462 e. The van der Waals surface area contributed by atoms with Crippen molar-refractivity contribution in [1.82, 2.24) is 0 Å². The second-order valence-corrected chi connectivity index (χ2v) is 12.7. The van der Waals surface area contributed by atoms with Crippen LogP contribution < -0.4 is 0 Å². The first-order valence-corrected chi connectivity index (χ1v) is 14.5. The van der Waals surface area contributed by atoms with E-state index < -0.39 is 88.8 Å². The molecule has 0 aromatic heterocycles. The Morgan fingerprint density at radius 3 is 2.10 bits per heavy atom. The van der Waals surface area contributed by atoms with E-state index in [1.54, 1.807) is 19.1 Å². The average molecular weight is 595 g/mol. The summed E-state index contributed by atoms with van der Waals surface area (Å²) in [6, 6.07) is 0. The molecule has 10 atom stereocenters. The minimum atomic E-state index is -2.03. The fraction of sp³-hybridized carbons (Fsp3) is 0.767. The van der Waals surface area contributed by atoms with Gasteiger partial charge in [-0.25, -0.2) is 0 Å². The molecule has 2 aliphatic heterocycles. The van der Waals surface area contributed by atoms with Crippen LogP contribution in [-0.2, 0) is 52.4 Å². The number of epoxide rings is 1. The summed E-state index contributed by atoms with van der Waals surface area (Å²) in [6.07, 6.45) is -1.59. The third kappa shape index (κ3) is 5.67. The monoisotopic (exact) mass is 594 g/mol. The molecule has 1 spiro atoms. The van der Waals surface area contributed by atoms with E-state index in [9.17, 15) is 29.1 Å². The summed E-state index contributed by atoms with van der Waals surface area (Å²) in [5.41, 5.74) is -4.65. The molecule has 1 N–H and O–H groups in total. The summed E-state index contributed by atoms with van der Waals surface area (Å²) in [4.78, 5) is 63.4. The van der Waals surface area contributed by atoms with Gasteiger partial charge in [-0.1, -0.05) is 32.9 Å². The van der Waals surface area contributed by atoms with E-state index in [-0.39, 0.29) is 38.2 Å². The maximum absolute atomic E-state index is 13.0. The van der Waals surface area contributed by atoms with Crippen molar-refractivity contribution in [1.29, 1.82) is 0 Å². The number of fused-ring (bicyclic) bond motifs is 3. The van der Waals surface area contributed by atoms with Crippen molar-refractivity contribution in [2.24, 2.45) is 23.2 Å². The van der Waals surface area contributed by atoms with Crippen molar-refractivity contribution in [3.05, 3.63) is 12.2 Å². The molecule has 12 nitrogen and oxygen atoms in total. The fourth-order valence-electron chi connectivity index (χ4n) is 7.26. The molecule has 0 bridgehead atoms. The van der Waals surface area contributed by atoms with Crippen molar-refractivity contribution in [2.45, 2.75) is 116 Å². The summed E-state index contributed by atoms with van der Waals surface area (Å²) in [6.45, 7) is 10.7. The number of ether oxygens (including phenoxy) is 6. The van der Waals surface area contributed by atoms with Gasteiger partial charge in [0, 0.05) is 51.4 Å². The van der Waals surface area contributed by atoms with Gasteiger partial charge in [0.05, 0.1) is 12.5 Å². The van der Waals surface area contributed by atoms with Crippen LogP contribution in [0, 0.1) is 23.2 Å². The molecule has 2 aliphatic carbocycles. The molecule has 0 unspecified atom stereocenters. The van der Waals surface area contributed by atoms with Crippen LogP contribution in [0.3, 0.4) is 0 Å². The molecule has 0 radical (unpaired) electrons. The van der Waals surface area contributed by atoms with E-state index in [4.69, 9.17) is 28.4 Å². The molecular formula is C30H42O12. The molecular weight excluding hydrogens is 552 g/mol.